The van der Waals surface area contributed by atoms with E-state index in [1.165, 1.54) is 0 Å². The fourth-order valence-electron chi connectivity index (χ4n) is 1.59. The number of ether oxygens (including phenoxy) is 2. The first-order chi connectivity index (χ1) is 8.24. The highest BCUT2D eigenvalue weighted by molar-refractivity contribution is 4.82. The molecule has 5 heteroatoms. The van der Waals surface area contributed by atoms with E-state index in [-0.39, 0.29) is 6.10 Å². The van der Waals surface area contributed by atoms with Crippen LogP contribution in [0.4, 0.5) is 0 Å². The van der Waals surface area contributed by atoms with E-state index >= 15 is 0 Å². The van der Waals surface area contributed by atoms with Crippen LogP contribution in [0.15, 0.2) is 0 Å². The fourth-order valence-corrected chi connectivity index (χ4v) is 1.59. The largest absolute Gasteiger partial charge is 0.392 e. The van der Waals surface area contributed by atoms with Gasteiger partial charge in [-0.05, 0) is 25.7 Å². The van der Waals surface area contributed by atoms with Crippen molar-refractivity contribution < 1.29 is 19.7 Å². The predicted octanol–water partition coefficient (Wildman–Crippen LogP) is -0.239. The van der Waals surface area contributed by atoms with Crippen molar-refractivity contribution >= 4 is 0 Å². The Morgan fingerprint density at radius 2 is 1.88 bits per heavy atom. The van der Waals surface area contributed by atoms with E-state index in [9.17, 15) is 10.2 Å². The van der Waals surface area contributed by atoms with E-state index in [0.717, 1.165) is 12.8 Å². The lowest BCUT2D eigenvalue weighted by atomic mass is 10.2. The van der Waals surface area contributed by atoms with Crippen LogP contribution in [-0.4, -0.2) is 61.9 Å². The molecule has 0 aliphatic heterocycles. The van der Waals surface area contributed by atoms with Gasteiger partial charge in [0.15, 0.2) is 0 Å². The number of hydrogen-bond donors (Lipinski definition) is 3. The summed E-state index contributed by atoms with van der Waals surface area (Å²) in [7, 11) is 0. The predicted molar refractivity (Wildman–Crippen MR) is 64.9 cm³/mol. The number of nitrogens with one attached hydrogen (secondary N) is 1. The molecule has 0 spiro atoms. The molecule has 17 heavy (non-hydrogen) atoms. The standard InChI is InChI=1S/C12H25NO4/c1-2-16-5-6-17-9-11(14)7-13-8-12(15)10-3-4-10/h10-15H,2-9H2,1H3. The molecule has 2 unspecified atom stereocenters. The van der Waals surface area contributed by atoms with Crippen LogP contribution in [0.1, 0.15) is 19.8 Å². The molecule has 0 amide bonds. The molecule has 5 nitrogen and oxygen atoms in total. The summed E-state index contributed by atoms with van der Waals surface area (Å²) in [4.78, 5) is 0. The molecule has 0 aromatic carbocycles. The van der Waals surface area contributed by atoms with Crippen LogP contribution in [0.25, 0.3) is 0 Å². The van der Waals surface area contributed by atoms with Gasteiger partial charge < -0.3 is 25.0 Å². The first kappa shape index (κ1) is 14.9. The maximum absolute atomic E-state index is 9.58. The lowest BCUT2D eigenvalue weighted by Gasteiger charge is -2.14. The number of aliphatic hydroxyl groups excluding tert-OH is 2. The van der Waals surface area contributed by atoms with Crippen LogP contribution in [0.5, 0.6) is 0 Å². The van der Waals surface area contributed by atoms with E-state index in [2.05, 4.69) is 5.32 Å². The van der Waals surface area contributed by atoms with Crippen molar-refractivity contribution in [1.29, 1.82) is 0 Å². The third kappa shape index (κ3) is 7.68. The Labute approximate surface area is 103 Å². The normalized spacial score (nSPS) is 19.2. The topological polar surface area (TPSA) is 71.0 Å². The SMILES string of the molecule is CCOCCOCC(O)CNCC(O)C1CC1. The molecular weight excluding hydrogens is 222 g/mol. The van der Waals surface area contributed by atoms with Crippen LogP contribution in [-0.2, 0) is 9.47 Å². The van der Waals surface area contributed by atoms with Gasteiger partial charge in [0.05, 0.1) is 32.0 Å². The first-order valence-corrected chi connectivity index (χ1v) is 6.46. The molecule has 1 fully saturated rings. The molecule has 2 atom stereocenters. The minimum absolute atomic E-state index is 0.263. The van der Waals surface area contributed by atoms with E-state index in [1.54, 1.807) is 0 Å². The highest BCUT2D eigenvalue weighted by Crippen LogP contribution is 2.32. The maximum Gasteiger partial charge on any atom is 0.0897 e. The molecular formula is C12H25NO4. The second-order valence-corrected chi connectivity index (χ2v) is 4.49. The molecule has 0 bridgehead atoms. The molecule has 0 aromatic rings. The van der Waals surface area contributed by atoms with Gasteiger partial charge in [0.2, 0.25) is 0 Å². The average Bonchev–Trinajstić information content (AvgIpc) is 3.12. The molecule has 0 heterocycles. The minimum Gasteiger partial charge on any atom is -0.392 e. The van der Waals surface area contributed by atoms with E-state index in [0.29, 0.717) is 45.4 Å². The van der Waals surface area contributed by atoms with Crippen molar-refractivity contribution in [2.45, 2.75) is 32.0 Å². The number of aliphatic hydroxyl groups is 2. The van der Waals surface area contributed by atoms with Gasteiger partial charge in [-0.15, -0.1) is 0 Å². The Kier molecular flexibility index (Phi) is 7.72. The molecule has 0 radical (unpaired) electrons. The van der Waals surface area contributed by atoms with E-state index in [4.69, 9.17) is 9.47 Å². The zero-order chi connectivity index (χ0) is 12.5. The lowest BCUT2D eigenvalue weighted by Crippen LogP contribution is -2.36. The van der Waals surface area contributed by atoms with E-state index < -0.39 is 6.10 Å². The highest BCUT2D eigenvalue weighted by Gasteiger charge is 2.29. The number of hydrogen-bond acceptors (Lipinski definition) is 5. The van der Waals surface area contributed by atoms with Crippen LogP contribution >= 0.6 is 0 Å². The third-order valence-electron chi connectivity index (χ3n) is 2.79. The van der Waals surface area contributed by atoms with Crippen molar-refractivity contribution in [1.82, 2.24) is 5.32 Å². The van der Waals surface area contributed by atoms with Gasteiger partial charge in [-0.3, -0.25) is 0 Å². The van der Waals surface area contributed by atoms with Gasteiger partial charge in [-0.2, -0.15) is 0 Å². The Balaban J connectivity index is 1.84. The van der Waals surface area contributed by atoms with Crippen LogP contribution in [0, 0.1) is 5.92 Å². The van der Waals surface area contributed by atoms with Gasteiger partial charge >= 0.3 is 0 Å². The molecule has 0 saturated heterocycles. The Hall–Kier alpha value is -0.200. The summed E-state index contributed by atoms with van der Waals surface area (Å²) in [6.07, 6.45) is 1.47. The molecule has 3 N–H and O–H groups in total. The molecule has 102 valence electrons. The molecule has 1 rings (SSSR count). The molecule has 1 saturated carbocycles. The zero-order valence-corrected chi connectivity index (χ0v) is 10.6. The van der Waals surface area contributed by atoms with Crippen molar-refractivity contribution in [3.63, 3.8) is 0 Å². The summed E-state index contributed by atoms with van der Waals surface area (Å²) in [6, 6.07) is 0. The smallest absolute Gasteiger partial charge is 0.0897 e. The molecule has 1 aliphatic carbocycles. The summed E-state index contributed by atoms with van der Waals surface area (Å²) in [6.45, 7) is 5.02. The monoisotopic (exact) mass is 247 g/mol. The second-order valence-electron chi connectivity index (χ2n) is 4.49. The summed E-state index contributed by atoms with van der Waals surface area (Å²) in [5, 5.41) is 22.2. The molecule has 1 aliphatic rings. The van der Waals surface area contributed by atoms with Crippen LogP contribution < -0.4 is 5.32 Å². The minimum atomic E-state index is -0.525. The van der Waals surface area contributed by atoms with Crippen molar-refractivity contribution in [2.24, 2.45) is 5.92 Å². The second kappa shape index (κ2) is 8.83. The summed E-state index contributed by atoms with van der Waals surface area (Å²) in [5.74, 6) is 0.474. The van der Waals surface area contributed by atoms with Gasteiger partial charge in [-0.1, -0.05) is 0 Å². The van der Waals surface area contributed by atoms with Crippen molar-refractivity contribution in [3.8, 4) is 0 Å². The average molecular weight is 247 g/mol. The lowest BCUT2D eigenvalue weighted by molar-refractivity contribution is 0.00553. The van der Waals surface area contributed by atoms with Gasteiger partial charge in [0.1, 0.15) is 0 Å². The Morgan fingerprint density at radius 1 is 1.18 bits per heavy atom. The highest BCUT2D eigenvalue weighted by atomic mass is 16.5. The van der Waals surface area contributed by atoms with Crippen molar-refractivity contribution in [2.75, 3.05) is 39.5 Å². The Bertz CT molecular complexity index is 187. The summed E-state index contributed by atoms with van der Waals surface area (Å²) in [5.41, 5.74) is 0. The van der Waals surface area contributed by atoms with E-state index in [1.807, 2.05) is 6.92 Å². The quantitative estimate of drug-likeness (QED) is 0.440. The number of rotatable bonds is 11. The van der Waals surface area contributed by atoms with Crippen molar-refractivity contribution in [3.05, 3.63) is 0 Å². The Morgan fingerprint density at radius 3 is 2.53 bits per heavy atom. The van der Waals surface area contributed by atoms with Gasteiger partial charge in [-0.25, -0.2) is 0 Å². The summed E-state index contributed by atoms with van der Waals surface area (Å²) >= 11 is 0. The van der Waals surface area contributed by atoms with Gasteiger partial charge in [0.25, 0.3) is 0 Å². The first-order valence-electron chi connectivity index (χ1n) is 6.46. The summed E-state index contributed by atoms with van der Waals surface area (Å²) < 4.78 is 10.3. The third-order valence-corrected chi connectivity index (χ3v) is 2.79. The van der Waals surface area contributed by atoms with Crippen LogP contribution in [0.2, 0.25) is 0 Å². The van der Waals surface area contributed by atoms with Crippen LogP contribution in [0.3, 0.4) is 0 Å². The van der Waals surface area contributed by atoms with Gasteiger partial charge in [0, 0.05) is 19.7 Å². The molecule has 0 aromatic heterocycles. The maximum atomic E-state index is 9.58. The zero-order valence-electron chi connectivity index (χ0n) is 10.6. The fraction of sp³-hybridized carbons (Fsp3) is 1.00.